The molecule has 9 heteroatoms. The van der Waals surface area contributed by atoms with Gasteiger partial charge in [0.1, 0.15) is 10.0 Å². The number of aliphatic hydroxyl groups is 1. The highest BCUT2D eigenvalue weighted by atomic mass is 35.5. The van der Waals surface area contributed by atoms with Crippen molar-refractivity contribution in [3.63, 3.8) is 0 Å². The largest absolute Gasteiger partial charge is 0.403 e. The maximum atomic E-state index is 16.1. The van der Waals surface area contributed by atoms with Gasteiger partial charge >= 0.3 is 0 Å². The Hall–Kier alpha value is -2.59. The van der Waals surface area contributed by atoms with Gasteiger partial charge in [-0.1, -0.05) is 93.0 Å². The molecule has 1 aliphatic heterocycles. The lowest BCUT2D eigenvalue weighted by atomic mass is 10.0. The van der Waals surface area contributed by atoms with Crippen LogP contribution in [0.5, 0.6) is 0 Å². The van der Waals surface area contributed by atoms with E-state index in [1.807, 2.05) is 32.0 Å². The van der Waals surface area contributed by atoms with Gasteiger partial charge < -0.3 is 19.2 Å². The van der Waals surface area contributed by atoms with E-state index in [1.165, 1.54) is 21.7 Å². The van der Waals surface area contributed by atoms with Crippen LogP contribution in [0.3, 0.4) is 0 Å². The molecule has 1 aliphatic rings. The fraction of sp³-hybridized carbons (Fsp3) is 0.364. The van der Waals surface area contributed by atoms with Crippen LogP contribution in [0.25, 0.3) is 10.4 Å². The molecule has 5 rings (SSSR count). The number of aromatic nitrogens is 1. The first-order valence-corrected chi connectivity index (χ1v) is 17.4. The van der Waals surface area contributed by atoms with Gasteiger partial charge in [0.2, 0.25) is 0 Å². The smallest absolute Gasteiger partial charge is 0.261 e. The molecular weight excluding hydrogens is 587 g/mol. The Bertz CT molecular complexity index is 1460. The van der Waals surface area contributed by atoms with Crippen molar-refractivity contribution in [1.82, 2.24) is 4.98 Å². The first-order valence-electron chi connectivity index (χ1n) is 14.3. The predicted molar refractivity (Wildman–Crippen MR) is 173 cm³/mol. The van der Waals surface area contributed by atoms with Crippen LogP contribution in [-0.4, -0.2) is 43.7 Å². The number of benzene rings is 3. The quantitative estimate of drug-likeness (QED) is 0.219. The van der Waals surface area contributed by atoms with Gasteiger partial charge in [0, 0.05) is 30.4 Å². The van der Waals surface area contributed by atoms with E-state index in [4.69, 9.17) is 20.8 Å². The summed E-state index contributed by atoms with van der Waals surface area (Å²) in [6.07, 6.45) is 1.52. The zero-order valence-corrected chi connectivity index (χ0v) is 27.3. The third-order valence-corrected chi connectivity index (χ3v) is 14.2. The second kappa shape index (κ2) is 12.6. The van der Waals surface area contributed by atoms with E-state index < -0.39 is 14.1 Å². The number of hydrogen-bond acceptors (Lipinski definition) is 6. The molecule has 1 N–H and O–H groups in total. The summed E-state index contributed by atoms with van der Waals surface area (Å²) in [5.74, 6) is -0.499. The molecule has 0 saturated carbocycles. The molecule has 0 radical (unpaired) electrons. The molecular formula is C33H38ClFN2O3SSi. The average molecular weight is 625 g/mol. The zero-order valence-electron chi connectivity index (χ0n) is 24.7. The molecule has 1 aromatic heterocycles. The highest BCUT2D eigenvalue weighted by Gasteiger charge is 2.50. The Morgan fingerprint density at radius 2 is 1.62 bits per heavy atom. The second-order valence-corrected chi connectivity index (χ2v) is 17.7. The molecule has 1 fully saturated rings. The Balaban J connectivity index is 1.68. The van der Waals surface area contributed by atoms with Crippen LogP contribution in [0.4, 0.5) is 10.1 Å². The first kappa shape index (κ1) is 30.9. The lowest BCUT2D eigenvalue weighted by molar-refractivity contribution is -0.00531. The van der Waals surface area contributed by atoms with Crippen LogP contribution in [-0.2, 0) is 22.4 Å². The van der Waals surface area contributed by atoms with Crippen molar-refractivity contribution < 1.29 is 18.7 Å². The zero-order chi connectivity index (χ0) is 30.1. The Morgan fingerprint density at radius 3 is 2.12 bits per heavy atom. The van der Waals surface area contributed by atoms with Gasteiger partial charge in [0.15, 0.2) is 5.82 Å². The number of rotatable bonds is 8. The maximum absolute atomic E-state index is 16.1. The molecule has 42 heavy (non-hydrogen) atoms. The van der Waals surface area contributed by atoms with Gasteiger partial charge in [-0.05, 0) is 35.3 Å². The number of anilines is 1. The third-order valence-electron chi connectivity index (χ3n) is 7.81. The number of morpholine rings is 1. The molecule has 4 aromatic rings. The van der Waals surface area contributed by atoms with Crippen molar-refractivity contribution in [2.75, 3.05) is 18.0 Å². The topological polar surface area (TPSA) is 54.8 Å². The van der Waals surface area contributed by atoms with E-state index in [-0.39, 0.29) is 35.5 Å². The average Bonchev–Trinajstić information content (AvgIpc) is 3.44. The summed E-state index contributed by atoms with van der Waals surface area (Å²) in [6.45, 7) is 12.0. The van der Waals surface area contributed by atoms with Crippen molar-refractivity contribution in [1.29, 1.82) is 0 Å². The molecule has 2 heterocycles. The Morgan fingerprint density at radius 1 is 1.05 bits per heavy atom. The SMILES string of the molecule is C[C@@H]1CN(c2c(CO[Si](c3ccccc3)(c3ccccc3)C(C)(C)C)cc(-c3cnc(CO)s3)c(F)c2Cl)C[C@H](C)O1. The number of halogens is 2. The number of thiazole rings is 1. The normalized spacial score (nSPS) is 18.0. The highest BCUT2D eigenvalue weighted by molar-refractivity contribution is 7.15. The van der Waals surface area contributed by atoms with Crippen molar-refractivity contribution in [3.8, 4) is 10.4 Å². The molecule has 0 unspecified atom stereocenters. The molecule has 222 valence electrons. The van der Waals surface area contributed by atoms with Crippen molar-refractivity contribution in [2.24, 2.45) is 0 Å². The van der Waals surface area contributed by atoms with Gasteiger partial charge in [0.05, 0.1) is 36.0 Å². The van der Waals surface area contributed by atoms with Crippen LogP contribution in [0.1, 0.15) is 45.2 Å². The monoisotopic (exact) mass is 624 g/mol. The predicted octanol–water partition coefficient (Wildman–Crippen LogP) is 6.79. The highest BCUT2D eigenvalue weighted by Crippen LogP contribution is 2.43. The lowest BCUT2D eigenvalue weighted by Gasteiger charge is -2.43. The molecule has 0 bridgehead atoms. The van der Waals surface area contributed by atoms with Gasteiger partial charge in [-0.2, -0.15) is 0 Å². The lowest BCUT2D eigenvalue weighted by Crippen LogP contribution is -2.66. The molecule has 3 aromatic carbocycles. The van der Waals surface area contributed by atoms with Crippen molar-refractivity contribution in [3.05, 3.63) is 94.3 Å². The number of hydrogen-bond donors (Lipinski definition) is 1. The van der Waals surface area contributed by atoms with Gasteiger partial charge in [0.25, 0.3) is 8.32 Å². The van der Waals surface area contributed by atoms with Gasteiger partial charge in [-0.15, -0.1) is 11.3 Å². The van der Waals surface area contributed by atoms with E-state index in [0.29, 0.717) is 34.2 Å². The minimum absolute atomic E-state index is 0.0355. The van der Waals surface area contributed by atoms with E-state index >= 15 is 4.39 Å². The Labute approximate surface area is 258 Å². The maximum Gasteiger partial charge on any atom is 0.261 e. The van der Waals surface area contributed by atoms with Crippen LogP contribution < -0.4 is 15.3 Å². The fourth-order valence-corrected chi connectivity index (χ4v) is 11.8. The van der Waals surface area contributed by atoms with E-state index in [0.717, 1.165) is 5.56 Å². The summed E-state index contributed by atoms with van der Waals surface area (Å²) in [6, 6.07) is 22.8. The minimum atomic E-state index is -2.88. The number of aliphatic hydroxyl groups excluding tert-OH is 1. The summed E-state index contributed by atoms with van der Waals surface area (Å²) in [5.41, 5.74) is 1.81. The summed E-state index contributed by atoms with van der Waals surface area (Å²) in [7, 11) is -2.88. The molecule has 1 saturated heterocycles. The van der Waals surface area contributed by atoms with E-state index in [1.54, 1.807) is 6.20 Å². The first-order chi connectivity index (χ1) is 20.0. The van der Waals surface area contributed by atoms with E-state index in [9.17, 15) is 5.11 Å². The molecule has 2 atom stereocenters. The van der Waals surface area contributed by atoms with Crippen LogP contribution in [0, 0.1) is 5.82 Å². The molecule has 5 nitrogen and oxygen atoms in total. The molecule has 0 amide bonds. The summed E-state index contributed by atoms with van der Waals surface area (Å²) in [4.78, 5) is 6.99. The summed E-state index contributed by atoms with van der Waals surface area (Å²) < 4.78 is 29.4. The van der Waals surface area contributed by atoms with Crippen LogP contribution >= 0.6 is 22.9 Å². The second-order valence-electron chi connectivity index (χ2n) is 12.0. The van der Waals surface area contributed by atoms with Crippen molar-refractivity contribution >= 4 is 47.3 Å². The number of nitrogens with zero attached hydrogens (tertiary/aromatic N) is 2. The summed E-state index contributed by atoms with van der Waals surface area (Å²) >= 11 is 8.19. The Kier molecular flexibility index (Phi) is 9.23. The van der Waals surface area contributed by atoms with Crippen LogP contribution in [0.15, 0.2) is 72.9 Å². The van der Waals surface area contributed by atoms with Crippen molar-refractivity contribution in [2.45, 2.75) is 65.1 Å². The third kappa shape index (κ3) is 5.93. The van der Waals surface area contributed by atoms with E-state index in [2.05, 4.69) is 79.2 Å². The standard InChI is InChI=1S/C33H38ClFN2O3SSi/c1-22-18-37(19-23(2)40-22)32-24(16-27(31(35)30(32)34)28-17-36-29(20-38)41-28)21-39-42(33(3,4)5,25-12-8-6-9-13-25)26-14-10-7-11-15-26/h6-17,22-23,38H,18-21H2,1-5H3/t22-,23+. The van der Waals surface area contributed by atoms with Gasteiger partial charge in [-0.3, -0.25) is 0 Å². The fourth-order valence-electron chi connectivity index (χ4n) is 6.12. The van der Waals surface area contributed by atoms with Crippen LogP contribution in [0.2, 0.25) is 10.1 Å². The molecule has 0 aliphatic carbocycles. The minimum Gasteiger partial charge on any atom is -0.403 e. The summed E-state index contributed by atoms with van der Waals surface area (Å²) in [5, 5.41) is 12.3. The number of ether oxygens (including phenoxy) is 1. The molecule has 0 spiro atoms. The van der Waals surface area contributed by atoms with Gasteiger partial charge in [-0.25, -0.2) is 9.37 Å².